The molecule has 1 aromatic carbocycles. The van der Waals surface area contributed by atoms with E-state index in [1.165, 1.54) is 0 Å². The van der Waals surface area contributed by atoms with E-state index in [0.29, 0.717) is 36.7 Å². The number of nitrogens with zero attached hydrogens (tertiary/aromatic N) is 3. The Balaban J connectivity index is 1.98. The highest BCUT2D eigenvalue weighted by molar-refractivity contribution is 5.95. The summed E-state index contributed by atoms with van der Waals surface area (Å²) in [6, 6.07) is 6.40. The fourth-order valence-electron chi connectivity index (χ4n) is 4.07. The summed E-state index contributed by atoms with van der Waals surface area (Å²) in [6.07, 6.45) is 1.76. The van der Waals surface area contributed by atoms with Crippen molar-refractivity contribution in [3.05, 3.63) is 58.6 Å². The first-order valence-corrected chi connectivity index (χ1v) is 11.2. The van der Waals surface area contributed by atoms with E-state index >= 15 is 0 Å². The smallest absolute Gasteiger partial charge is 0.338 e. The minimum absolute atomic E-state index is 0.222. The maximum atomic E-state index is 13.1. The molecule has 2 aromatic rings. The standard InChI is InChI=1S/C24H33N5O5/c1-6-29-18(10-11-25-29)13-28(3)14-19-21(23(30)34-7-2)22(27-24(31)26-19)16-8-9-20(33-5)17(12-16)15-32-4/h8-12,22H,6-7,13-15H2,1-5H3,(H2,26,27,31)/t22-/m0/s1. The average Bonchev–Trinajstić information content (AvgIpc) is 3.25. The lowest BCUT2D eigenvalue weighted by Gasteiger charge is -2.31. The van der Waals surface area contributed by atoms with Gasteiger partial charge in [-0.25, -0.2) is 9.59 Å². The van der Waals surface area contributed by atoms with Crippen LogP contribution in [0.15, 0.2) is 41.7 Å². The van der Waals surface area contributed by atoms with Crippen molar-refractivity contribution < 1.29 is 23.8 Å². The molecule has 184 valence electrons. The summed E-state index contributed by atoms with van der Waals surface area (Å²) in [5.74, 6) is 0.186. The second kappa shape index (κ2) is 11.7. The molecule has 2 heterocycles. The zero-order chi connectivity index (χ0) is 24.7. The van der Waals surface area contributed by atoms with Gasteiger partial charge in [0, 0.05) is 44.2 Å². The molecule has 0 fully saturated rings. The van der Waals surface area contributed by atoms with E-state index in [0.717, 1.165) is 23.4 Å². The molecule has 1 aliphatic heterocycles. The first kappa shape index (κ1) is 25.3. The number of rotatable bonds is 11. The van der Waals surface area contributed by atoms with Gasteiger partial charge in [-0.05, 0) is 44.7 Å². The summed E-state index contributed by atoms with van der Waals surface area (Å²) < 4.78 is 18.0. The number of hydrogen-bond acceptors (Lipinski definition) is 7. The molecule has 1 aliphatic rings. The van der Waals surface area contributed by atoms with Crippen molar-refractivity contribution in [3.8, 4) is 5.75 Å². The van der Waals surface area contributed by atoms with Crippen molar-refractivity contribution in [1.82, 2.24) is 25.3 Å². The highest BCUT2D eigenvalue weighted by Crippen LogP contribution is 2.31. The lowest BCUT2D eigenvalue weighted by Crippen LogP contribution is -2.48. The molecule has 2 N–H and O–H groups in total. The Bertz CT molecular complexity index is 1050. The first-order valence-electron chi connectivity index (χ1n) is 11.2. The molecule has 0 saturated heterocycles. The fraction of sp³-hybridized carbons (Fsp3) is 0.458. The van der Waals surface area contributed by atoms with Gasteiger partial charge < -0.3 is 24.8 Å². The van der Waals surface area contributed by atoms with Gasteiger partial charge in [0.1, 0.15) is 5.75 Å². The van der Waals surface area contributed by atoms with Gasteiger partial charge in [0.05, 0.1) is 37.6 Å². The third-order valence-corrected chi connectivity index (χ3v) is 5.55. The van der Waals surface area contributed by atoms with Crippen LogP contribution in [0, 0.1) is 0 Å². The van der Waals surface area contributed by atoms with Crippen LogP contribution in [0.3, 0.4) is 0 Å². The lowest BCUT2D eigenvalue weighted by atomic mass is 9.93. The molecule has 10 nitrogen and oxygen atoms in total. The zero-order valence-corrected chi connectivity index (χ0v) is 20.4. The number of urea groups is 1. The van der Waals surface area contributed by atoms with Crippen molar-refractivity contribution in [2.45, 2.75) is 39.6 Å². The molecular weight excluding hydrogens is 438 g/mol. The summed E-state index contributed by atoms with van der Waals surface area (Å²) in [7, 11) is 5.11. The number of likely N-dealkylation sites (N-methyl/N-ethyl adjacent to an activating group) is 1. The lowest BCUT2D eigenvalue weighted by molar-refractivity contribution is -0.139. The van der Waals surface area contributed by atoms with Gasteiger partial charge in [0.25, 0.3) is 0 Å². The summed E-state index contributed by atoms with van der Waals surface area (Å²) in [5, 5.41) is 10.0. The minimum Gasteiger partial charge on any atom is -0.496 e. The molecule has 3 rings (SSSR count). The SMILES string of the molecule is CCOC(=O)C1=C(CN(C)Cc2ccnn2CC)NC(=O)N[C@H]1c1ccc(OC)c(COC)c1. The fourth-order valence-corrected chi connectivity index (χ4v) is 4.07. The van der Waals surface area contributed by atoms with Gasteiger partial charge in [-0.1, -0.05) is 6.07 Å². The van der Waals surface area contributed by atoms with Crippen LogP contribution in [0.1, 0.15) is 36.7 Å². The molecule has 10 heteroatoms. The molecule has 0 unspecified atom stereocenters. The monoisotopic (exact) mass is 471 g/mol. The largest absolute Gasteiger partial charge is 0.496 e. The van der Waals surface area contributed by atoms with Crippen LogP contribution in [0.4, 0.5) is 4.79 Å². The Hall–Kier alpha value is -3.37. The van der Waals surface area contributed by atoms with Crippen molar-refractivity contribution in [3.63, 3.8) is 0 Å². The van der Waals surface area contributed by atoms with Crippen LogP contribution >= 0.6 is 0 Å². The van der Waals surface area contributed by atoms with Crippen LogP contribution in [-0.2, 0) is 34.0 Å². The van der Waals surface area contributed by atoms with E-state index < -0.39 is 12.0 Å². The number of hydrogen-bond donors (Lipinski definition) is 2. The zero-order valence-electron chi connectivity index (χ0n) is 20.4. The average molecular weight is 472 g/mol. The Morgan fingerprint density at radius 3 is 2.68 bits per heavy atom. The van der Waals surface area contributed by atoms with Gasteiger partial charge in [-0.3, -0.25) is 9.58 Å². The van der Waals surface area contributed by atoms with Crippen LogP contribution in [0.5, 0.6) is 5.75 Å². The van der Waals surface area contributed by atoms with Gasteiger partial charge in [0.2, 0.25) is 0 Å². The number of esters is 1. The highest BCUT2D eigenvalue weighted by atomic mass is 16.5. The second-order valence-electron chi connectivity index (χ2n) is 7.96. The van der Waals surface area contributed by atoms with Gasteiger partial charge in [-0.15, -0.1) is 0 Å². The maximum absolute atomic E-state index is 13.1. The molecule has 0 bridgehead atoms. The Kier molecular flexibility index (Phi) is 8.67. The van der Waals surface area contributed by atoms with Crippen molar-refractivity contribution in [2.24, 2.45) is 0 Å². The number of methoxy groups -OCH3 is 2. The van der Waals surface area contributed by atoms with Gasteiger partial charge >= 0.3 is 12.0 Å². The summed E-state index contributed by atoms with van der Waals surface area (Å²) in [4.78, 5) is 27.7. The van der Waals surface area contributed by atoms with E-state index in [1.54, 1.807) is 33.4 Å². The van der Waals surface area contributed by atoms with E-state index in [1.807, 2.05) is 41.8 Å². The molecule has 1 aromatic heterocycles. The van der Waals surface area contributed by atoms with Crippen molar-refractivity contribution in [2.75, 3.05) is 34.4 Å². The summed E-state index contributed by atoms with van der Waals surface area (Å²) in [6.45, 7) is 6.04. The van der Waals surface area contributed by atoms with Crippen LogP contribution in [-0.4, -0.2) is 61.1 Å². The minimum atomic E-state index is -0.682. The molecular formula is C24H33N5O5. The Morgan fingerprint density at radius 1 is 1.21 bits per heavy atom. The highest BCUT2D eigenvalue weighted by Gasteiger charge is 2.34. The number of ether oxygens (including phenoxy) is 3. The second-order valence-corrected chi connectivity index (χ2v) is 7.96. The molecule has 2 amide bonds. The van der Waals surface area contributed by atoms with Crippen LogP contribution < -0.4 is 15.4 Å². The Labute approximate surface area is 199 Å². The van der Waals surface area contributed by atoms with E-state index in [9.17, 15) is 9.59 Å². The number of aromatic nitrogens is 2. The number of carbonyl (C=O) groups is 2. The number of nitrogens with one attached hydrogen (secondary N) is 2. The van der Waals surface area contributed by atoms with Gasteiger partial charge in [0.15, 0.2) is 0 Å². The van der Waals surface area contributed by atoms with E-state index in [2.05, 4.69) is 15.7 Å². The Morgan fingerprint density at radius 2 is 2.00 bits per heavy atom. The number of carbonyl (C=O) groups excluding carboxylic acids is 2. The molecule has 0 saturated carbocycles. The topological polar surface area (TPSA) is 107 Å². The predicted octanol–water partition coefficient (Wildman–Crippen LogP) is 2.36. The molecule has 1 atom stereocenters. The maximum Gasteiger partial charge on any atom is 0.338 e. The number of amides is 2. The quantitative estimate of drug-likeness (QED) is 0.485. The summed E-state index contributed by atoms with van der Waals surface area (Å²) in [5.41, 5.74) is 3.45. The number of aryl methyl sites for hydroxylation is 1. The van der Waals surface area contributed by atoms with Crippen LogP contribution in [0.2, 0.25) is 0 Å². The normalized spacial score (nSPS) is 15.8. The van der Waals surface area contributed by atoms with Crippen LogP contribution in [0.25, 0.3) is 0 Å². The van der Waals surface area contributed by atoms with E-state index in [4.69, 9.17) is 14.2 Å². The first-order chi connectivity index (χ1) is 16.4. The summed E-state index contributed by atoms with van der Waals surface area (Å²) >= 11 is 0. The molecule has 0 radical (unpaired) electrons. The molecule has 0 spiro atoms. The van der Waals surface area contributed by atoms with Gasteiger partial charge in [-0.2, -0.15) is 5.10 Å². The van der Waals surface area contributed by atoms with Crippen molar-refractivity contribution in [1.29, 1.82) is 0 Å². The molecule has 34 heavy (non-hydrogen) atoms. The van der Waals surface area contributed by atoms with E-state index in [-0.39, 0.29) is 12.6 Å². The number of benzene rings is 1. The molecule has 0 aliphatic carbocycles. The van der Waals surface area contributed by atoms with Crippen molar-refractivity contribution >= 4 is 12.0 Å². The third-order valence-electron chi connectivity index (χ3n) is 5.55. The third kappa shape index (κ3) is 5.75. The predicted molar refractivity (Wildman–Crippen MR) is 126 cm³/mol.